The fourth-order valence-electron chi connectivity index (χ4n) is 1.53. The molecule has 0 aliphatic rings. The van der Waals surface area contributed by atoms with Crippen molar-refractivity contribution < 1.29 is 0 Å². The molecule has 1 aromatic heterocycles. The number of aryl methyl sites for hydroxylation is 1. The molecule has 0 fully saturated rings. The Hall–Kier alpha value is 0.140. The number of halogens is 1. The minimum atomic E-state index is 0.620. The van der Waals surface area contributed by atoms with Crippen molar-refractivity contribution in [1.29, 1.82) is 0 Å². The van der Waals surface area contributed by atoms with Gasteiger partial charge in [-0.2, -0.15) is 0 Å². The van der Waals surface area contributed by atoms with Crippen LogP contribution in [0.4, 0.5) is 0 Å². The molecule has 15 heavy (non-hydrogen) atoms. The van der Waals surface area contributed by atoms with Crippen LogP contribution in [0.2, 0.25) is 0 Å². The van der Waals surface area contributed by atoms with Crippen molar-refractivity contribution in [3.8, 4) is 0 Å². The molecule has 0 unspecified atom stereocenters. The molecule has 0 saturated carbocycles. The predicted octanol–water partition coefficient (Wildman–Crippen LogP) is 3.92. The summed E-state index contributed by atoms with van der Waals surface area (Å²) < 4.78 is 0. The molecule has 1 nitrogen and oxygen atoms in total. The van der Waals surface area contributed by atoms with E-state index in [4.69, 9.17) is 0 Å². The third kappa shape index (κ3) is 4.25. The monoisotopic (exact) mass is 289 g/mol. The van der Waals surface area contributed by atoms with Gasteiger partial charge in [-0.25, -0.2) is 0 Å². The van der Waals surface area contributed by atoms with E-state index in [2.05, 4.69) is 53.7 Å². The summed E-state index contributed by atoms with van der Waals surface area (Å²) in [6.45, 7) is 8.95. The first-order valence-corrected chi connectivity index (χ1v) is 7.48. The van der Waals surface area contributed by atoms with Crippen molar-refractivity contribution in [3.63, 3.8) is 0 Å². The molecule has 0 aromatic carbocycles. The van der Waals surface area contributed by atoms with Gasteiger partial charge in [-0.3, -0.25) is 4.90 Å². The van der Waals surface area contributed by atoms with E-state index in [0.717, 1.165) is 24.8 Å². The Bertz CT molecular complexity index is 283. The Morgan fingerprint density at radius 3 is 2.47 bits per heavy atom. The summed E-state index contributed by atoms with van der Waals surface area (Å²) >= 11 is 5.46. The second kappa shape index (κ2) is 6.66. The summed E-state index contributed by atoms with van der Waals surface area (Å²) in [7, 11) is 0. The van der Waals surface area contributed by atoms with Crippen LogP contribution in [0.15, 0.2) is 12.1 Å². The van der Waals surface area contributed by atoms with Crippen LogP contribution in [-0.4, -0.2) is 22.8 Å². The zero-order valence-electron chi connectivity index (χ0n) is 9.79. The van der Waals surface area contributed by atoms with Crippen molar-refractivity contribution >= 4 is 27.3 Å². The number of hydrogen-bond acceptors (Lipinski definition) is 2. The largest absolute Gasteiger partial charge is 0.295 e. The highest BCUT2D eigenvalue weighted by molar-refractivity contribution is 9.09. The SMILES string of the molecule is CCc1ccc(CN(CCBr)C(C)C)s1. The summed E-state index contributed by atoms with van der Waals surface area (Å²) in [5, 5.41) is 1.05. The van der Waals surface area contributed by atoms with Gasteiger partial charge in [0, 0.05) is 34.2 Å². The highest BCUT2D eigenvalue weighted by Gasteiger charge is 2.10. The molecule has 0 spiro atoms. The van der Waals surface area contributed by atoms with Crippen molar-refractivity contribution in [2.45, 2.75) is 39.8 Å². The minimum absolute atomic E-state index is 0.620. The number of alkyl halides is 1. The van der Waals surface area contributed by atoms with E-state index in [9.17, 15) is 0 Å². The molecule has 0 amide bonds. The number of thiophene rings is 1. The van der Waals surface area contributed by atoms with E-state index in [1.165, 1.54) is 9.75 Å². The number of hydrogen-bond donors (Lipinski definition) is 0. The van der Waals surface area contributed by atoms with E-state index in [1.807, 2.05) is 11.3 Å². The standard InChI is InChI=1S/C12H20BrNS/c1-4-11-5-6-12(15-11)9-14(8-7-13)10(2)3/h5-6,10H,4,7-9H2,1-3H3. The summed E-state index contributed by atoms with van der Waals surface area (Å²) in [5.74, 6) is 0. The van der Waals surface area contributed by atoms with Gasteiger partial charge in [-0.1, -0.05) is 22.9 Å². The first-order valence-electron chi connectivity index (χ1n) is 5.55. The fourth-order valence-corrected chi connectivity index (χ4v) is 2.97. The molecule has 0 aliphatic carbocycles. The van der Waals surface area contributed by atoms with Gasteiger partial charge in [0.05, 0.1) is 0 Å². The van der Waals surface area contributed by atoms with Gasteiger partial charge in [0.2, 0.25) is 0 Å². The number of rotatable bonds is 6. The van der Waals surface area contributed by atoms with Gasteiger partial charge >= 0.3 is 0 Å². The maximum absolute atomic E-state index is 3.51. The lowest BCUT2D eigenvalue weighted by molar-refractivity contribution is 0.229. The van der Waals surface area contributed by atoms with Crippen molar-refractivity contribution in [1.82, 2.24) is 4.90 Å². The molecular weight excluding hydrogens is 270 g/mol. The van der Waals surface area contributed by atoms with Crippen molar-refractivity contribution in [2.24, 2.45) is 0 Å². The minimum Gasteiger partial charge on any atom is -0.295 e. The summed E-state index contributed by atoms with van der Waals surface area (Å²) in [6, 6.07) is 5.15. The average Bonchev–Trinajstić information content (AvgIpc) is 2.65. The molecule has 1 rings (SSSR count). The molecule has 86 valence electrons. The molecule has 3 heteroatoms. The van der Waals surface area contributed by atoms with Gasteiger partial charge in [0.15, 0.2) is 0 Å². The van der Waals surface area contributed by atoms with Crippen LogP contribution in [0, 0.1) is 0 Å². The van der Waals surface area contributed by atoms with Gasteiger partial charge < -0.3 is 0 Å². The fraction of sp³-hybridized carbons (Fsp3) is 0.667. The van der Waals surface area contributed by atoms with Crippen molar-refractivity contribution in [2.75, 3.05) is 11.9 Å². The van der Waals surface area contributed by atoms with Gasteiger partial charge in [0.1, 0.15) is 0 Å². The van der Waals surface area contributed by atoms with Crippen LogP contribution in [0.25, 0.3) is 0 Å². The maximum Gasteiger partial charge on any atom is 0.0331 e. The summed E-state index contributed by atoms with van der Waals surface area (Å²) in [4.78, 5) is 5.48. The van der Waals surface area contributed by atoms with Gasteiger partial charge in [-0.15, -0.1) is 11.3 Å². The third-order valence-electron chi connectivity index (χ3n) is 2.53. The Morgan fingerprint density at radius 1 is 1.33 bits per heavy atom. The molecule has 0 atom stereocenters. The van der Waals surface area contributed by atoms with Gasteiger partial charge in [0.25, 0.3) is 0 Å². The maximum atomic E-state index is 3.51. The highest BCUT2D eigenvalue weighted by atomic mass is 79.9. The smallest absolute Gasteiger partial charge is 0.0331 e. The second-order valence-corrected chi connectivity index (χ2v) is 6.02. The molecule has 1 heterocycles. The van der Waals surface area contributed by atoms with Crippen LogP contribution in [-0.2, 0) is 13.0 Å². The van der Waals surface area contributed by atoms with Crippen LogP contribution >= 0.6 is 27.3 Å². The quantitative estimate of drug-likeness (QED) is 0.718. The van der Waals surface area contributed by atoms with Crippen molar-refractivity contribution in [3.05, 3.63) is 21.9 Å². The Labute approximate surface area is 106 Å². The first-order chi connectivity index (χ1) is 7.17. The lowest BCUT2D eigenvalue weighted by Gasteiger charge is -2.24. The summed E-state index contributed by atoms with van der Waals surface area (Å²) in [5.41, 5.74) is 0. The average molecular weight is 290 g/mol. The second-order valence-electron chi connectivity index (χ2n) is 3.97. The molecular formula is C12H20BrNS. The molecule has 1 aromatic rings. The summed E-state index contributed by atoms with van der Waals surface area (Å²) in [6.07, 6.45) is 1.16. The Balaban J connectivity index is 2.57. The highest BCUT2D eigenvalue weighted by Crippen LogP contribution is 2.19. The van der Waals surface area contributed by atoms with Crippen LogP contribution < -0.4 is 0 Å². The molecule has 0 radical (unpaired) electrons. The lowest BCUT2D eigenvalue weighted by atomic mass is 10.3. The zero-order chi connectivity index (χ0) is 11.3. The predicted molar refractivity (Wildman–Crippen MR) is 73.0 cm³/mol. The number of nitrogens with zero attached hydrogens (tertiary/aromatic N) is 1. The Morgan fingerprint density at radius 2 is 2.00 bits per heavy atom. The molecule has 0 bridgehead atoms. The molecule has 0 saturated heterocycles. The van der Waals surface area contributed by atoms with Crippen LogP contribution in [0.5, 0.6) is 0 Å². The van der Waals surface area contributed by atoms with Crippen LogP contribution in [0.3, 0.4) is 0 Å². The van der Waals surface area contributed by atoms with Crippen LogP contribution in [0.1, 0.15) is 30.5 Å². The van der Waals surface area contributed by atoms with E-state index in [0.29, 0.717) is 6.04 Å². The van der Waals surface area contributed by atoms with E-state index in [-0.39, 0.29) is 0 Å². The van der Waals surface area contributed by atoms with Gasteiger partial charge in [-0.05, 0) is 32.4 Å². The third-order valence-corrected chi connectivity index (χ3v) is 4.10. The van der Waals surface area contributed by atoms with E-state index < -0.39 is 0 Å². The zero-order valence-corrected chi connectivity index (χ0v) is 12.2. The Kier molecular flexibility index (Phi) is 5.87. The molecule has 0 N–H and O–H groups in total. The van der Waals surface area contributed by atoms with E-state index >= 15 is 0 Å². The topological polar surface area (TPSA) is 3.24 Å². The molecule has 0 aliphatic heterocycles. The van der Waals surface area contributed by atoms with E-state index in [1.54, 1.807) is 0 Å². The normalized spacial score (nSPS) is 11.6. The first kappa shape index (κ1) is 13.2. The lowest BCUT2D eigenvalue weighted by Crippen LogP contribution is -2.31.